The van der Waals surface area contributed by atoms with Gasteiger partial charge in [-0.05, 0) is 73.3 Å². The Morgan fingerprint density at radius 3 is 2.53 bits per heavy atom. The van der Waals surface area contributed by atoms with Gasteiger partial charge in [-0.1, -0.05) is 18.2 Å². The molecule has 0 spiro atoms. The molecular formula is C24H26N4O3S. The second kappa shape index (κ2) is 9.95. The number of amides is 2. The summed E-state index contributed by atoms with van der Waals surface area (Å²) < 4.78 is 5.49. The lowest BCUT2D eigenvalue weighted by Gasteiger charge is -2.28. The van der Waals surface area contributed by atoms with Crippen molar-refractivity contribution in [2.45, 2.75) is 18.9 Å². The Kier molecular flexibility index (Phi) is 6.84. The minimum atomic E-state index is -0.482. The van der Waals surface area contributed by atoms with Crippen molar-refractivity contribution in [1.82, 2.24) is 4.90 Å². The summed E-state index contributed by atoms with van der Waals surface area (Å²) in [6.45, 7) is 1.83. The number of benzene rings is 2. The highest BCUT2D eigenvalue weighted by Gasteiger charge is 2.20. The molecule has 3 N–H and O–H groups in total. The number of hydrazine groups is 1. The summed E-state index contributed by atoms with van der Waals surface area (Å²) in [5.74, 6) is 5.78. The number of hydrogen-bond acceptors (Lipinski definition) is 6. The fourth-order valence-electron chi connectivity index (χ4n) is 3.61. The smallest absolute Gasteiger partial charge is 0.411 e. The predicted octanol–water partition coefficient (Wildman–Crippen LogP) is 4.58. The molecule has 0 aliphatic carbocycles. The topological polar surface area (TPSA) is 87.9 Å². The second-order valence-corrected chi connectivity index (χ2v) is 8.76. The number of anilines is 2. The zero-order chi connectivity index (χ0) is 22.5. The number of nitrogens with one attached hydrogen (secondary N) is 1. The Morgan fingerprint density at radius 1 is 1.09 bits per heavy atom. The summed E-state index contributed by atoms with van der Waals surface area (Å²) in [5.41, 5.74) is 2.58. The number of nitrogens with two attached hydrogens (primary N) is 1. The molecule has 166 valence electrons. The van der Waals surface area contributed by atoms with Gasteiger partial charge in [0.2, 0.25) is 0 Å². The molecule has 1 aromatic heterocycles. The highest BCUT2D eigenvalue weighted by atomic mass is 32.1. The van der Waals surface area contributed by atoms with E-state index >= 15 is 0 Å². The summed E-state index contributed by atoms with van der Waals surface area (Å²) in [4.78, 5) is 28.3. The van der Waals surface area contributed by atoms with Crippen LogP contribution >= 0.6 is 11.3 Å². The summed E-state index contributed by atoms with van der Waals surface area (Å²) in [7, 11) is 2.06. The molecule has 0 saturated carbocycles. The molecule has 2 amide bonds. The van der Waals surface area contributed by atoms with Crippen molar-refractivity contribution in [3.63, 3.8) is 0 Å². The Balaban J connectivity index is 1.36. The highest BCUT2D eigenvalue weighted by Crippen LogP contribution is 2.28. The van der Waals surface area contributed by atoms with Crippen LogP contribution in [0.3, 0.4) is 0 Å². The van der Waals surface area contributed by atoms with Gasteiger partial charge in [-0.15, -0.1) is 11.3 Å². The van der Waals surface area contributed by atoms with Gasteiger partial charge in [0, 0.05) is 29.2 Å². The molecule has 0 bridgehead atoms. The SMILES string of the molecule is CN1CCC(OC(=O)Nc2ccc(C(=O)N(N)c3cccc(-c4cccs4)c3)cc2)CC1. The van der Waals surface area contributed by atoms with Gasteiger partial charge < -0.3 is 9.64 Å². The molecule has 32 heavy (non-hydrogen) atoms. The van der Waals surface area contributed by atoms with E-state index in [1.807, 2.05) is 35.7 Å². The third-order valence-electron chi connectivity index (χ3n) is 5.47. The lowest BCUT2D eigenvalue weighted by molar-refractivity contribution is 0.0662. The summed E-state index contributed by atoms with van der Waals surface area (Å²) >= 11 is 1.63. The van der Waals surface area contributed by atoms with Gasteiger partial charge in [0.15, 0.2) is 0 Å². The van der Waals surface area contributed by atoms with Crippen molar-refractivity contribution >= 4 is 34.7 Å². The van der Waals surface area contributed by atoms with Crippen LogP contribution in [0.25, 0.3) is 10.4 Å². The molecule has 1 aliphatic rings. The van der Waals surface area contributed by atoms with Crippen LogP contribution < -0.4 is 16.2 Å². The Bertz CT molecular complexity index is 1060. The summed E-state index contributed by atoms with van der Waals surface area (Å²) in [6.07, 6.45) is 1.11. The van der Waals surface area contributed by atoms with Crippen LogP contribution in [0.4, 0.5) is 16.2 Å². The Hall–Kier alpha value is -3.20. The van der Waals surface area contributed by atoms with Crippen molar-refractivity contribution < 1.29 is 14.3 Å². The minimum Gasteiger partial charge on any atom is -0.446 e. The van der Waals surface area contributed by atoms with Crippen molar-refractivity contribution in [3.05, 3.63) is 71.6 Å². The number of hydrogen-bond donors (Lipinski definition) is 2. The van der Waals surface area contributed by atoms with E-state index in [4.69, 9.17) is 10.6 Å². The van der Waals surface area contributed by atoms with Crippen molar-refractivity contribution in [2.24, 2.45) is 5.84 Å². The van der Waals surface area contributed by atoms with E-state index in [-0.39, 0.29) is 12.0 Å². The molecular weight excluding hydrogens is 424 g/mol. The number of carbonyl (C=O) groups excluding carboxylic acids is 2. The maximum Gasteiger partial charge on any atom is 0.411 e. The van der Waals surface area contributed by atoms with Crippen molar-refractivity contribution in [2.75, 3.05) is 30.5 Å². The normalized spacial score (nSPS) is 14.7. The number of carbonyl (C=O) groups is 2. The first kappa shape index (κ1) is 22.0. The van der Waals surface area contributed by atoms with Crippen LogP contribution in [0.2, 0.25) is 0 Å². The number of piperidine rings is 1. The van der Waals surface area contributed by atoms with Crippen molar-refractivity contribution in [3.8, 4) is 10.4 Å². The lowest BCUT2D eigenvalue weighted by atomic mass is 10.1. The number of ether oxygens (including phenoxy) is 1. The van der Waals surface area contributed by atoms with Gasteiger partial charge in [0.25, 0.3) is 5.91 Å². The van der Waals surface area contributed by atoms with Crippen LogP contribution in [0.5, 0.6) is 0 Å². The van der Waals surface area contributed by atoms with E-state index in [9.17, 15) is 9.59 Å². The molecule has 2 aromatic carbocycles. The van der Waals surface area contributed by atoms with Crippen LogP contribution in [-0.2, 0) is 4.74 Å². The molecule has 3 aromatic rings. The van der Waals surface area contributed by atoms with Gasteiger partial charge in [0.1, 0.15) is 6.10 Å². The number of rotatable bonds is 5. The largest absolute Gasteiger partial charge is 0.446 e. The summed E-state index contributed by atoms with van der Waals surface area (Å²) in [5, 5.41) is 5.86. The molecule has 4 rings (SSSR count). The van der Waals surface area contributed by atoms with Crippen LogP contribution in [0.15, 0.2) is 66.0 Å². The number of thiophene rings is 1. The fraction of sp³-hybridized carbons (Fsp3) is 0.250. The molecule has 8 heteroatoms. The van der Waals surface area contributed by atoms with Crippen LogP contribution in [0, 0.1) is 0 Å². The average molecular weight is 451 g/mol. The minimum absolute atomic E-state index is 0.0669. The van der Waals surface area contributed by atoms with Gasteiger partial charge in [-0.3, -0.25) is 10.1 Å². The molecule has 7 nitrogen and oxygen atoms in total. The van der Waals surface area contributed by atoms with E-state index in [0.717, 1.165) is 41.4 Å². The second-order valence-electron chi connectivity index (χ2n) is 7.81. The third-order valence-corrected chi connectivity index (χ3v) is 6.39. The Labute approximate surface area is 191 Å². The van der Waals surface area contributed by atoms with Crippen LogP contribution in [-0.4, -0.2) is 43.1 Å². The quantitative estimate of drug-likeness (QED) is 0.338. The maximum absolute atomic E-state index is 12.9. The molecule has 2 heterocycles. The van der Waals surface area contributed by atoms with Gasteiger partial charge >= 0.3 is 6.09 Å². The van der Waals surface area contributed by atoms with Crippen molar-refractivity contribution in [1.29, 1.82) is 0 Å². The first-order chi connectivity index (χ1) is 15.5. The third kappa shape index (κ3) is 5.34. The molecule has 1 saturated heterocycles. The number of nitrogens with zero attached hydrogens (tertiary/aromatic N) is 2. The zero-order valence-electron chi connectivity index (χ0n) is 17.9. The van der Waals surface area contributed by atoms with E-state index in [1.54, 1.807) is 41.7 Å². The van der Waals surface area contributed by atoms with Gasteiger partial charge in [-0.2, -0.15) is 0 Å². The summed E-state index contributed by atoms with van der Waals surface area (Å²) in [6, 6.07) is 18.2. The molecule has 1 aliphatic heterocycles. The monoisotopic (exact) mass is 450 g/mol. The standard InChI is InChI=1S/C24H26N4O3S/c1-27-13-11-21(12-14-27)31-24(30)26-19-9-7-17(8-10-19)23(29)28(25)20-5-2-4-18(16-20)22-6-3-15-32-22/h2-10,15-16,21H,11-14,25H2,1H3,(H,26,30). The molecule has 1 fully saturated rings. The van der Waals surface area contributed by atoms with E-state index in [2.05, 4.69) is 17.3 Å². The zero-order valence-corrected chi connectivity index (χ0v) is 18.7. The van der Waals surface area contributed by atoms with E-state index in [1.165, 1.54) is 0 Å². The Morgan fingerprint density at radius 2 is 1.84 bits per heavy atom. The van der Waals surface area contributed by atoms with Gasteiger partial charge in [0.05, 0.1) is 5.69 Å². The average Bonchev–Trinajstić information content (AvgIpc) is 3.35. The first-order valence-electron chi connectivity index (χ1n) is 10.5. The van der Waals surface area contributed by atoms with Crippen LogP contribution in [0.1, 0.15) is 23.2 Å². The number of likely N-dealkylation sites (tertiary alicyclic amines) is 1. The highest BCUT2D eigenvalue weighted by molar-refractivity contribution is 7.13. The predicted molar refractivity (Wildman–Crippen MR) is 128 cm³/mol. The maximum atomic E-state index is 12.9. The molecule has 0 unspecified atom stereocenters. The van der Waals surface area contributed by atoms with E-state index in [0.29, 0.717) is 16.9 Å². The lowest BCUT2D eigenvalue weighted by Crippen LogP contribution is -2.37. The van der Waals surface area contributed by atoms with E-state index < -0.39 is 6.09 Å². The van der Waals surface area contributed by atoms with Gasteiger partial charge in [-0.25, -0.2) is 15.6 Å². The molecule has 0 radical (unpaired) electrons. The molecule has 0 atom stereocenters. The first-order valence-corrected chi connectivity index (χ1v) is 11.4. The fourth-order valence-corrected chi connectivity index (χ4v) is 4.33.